The van der Waals surface area contributed by atoms with Gasteiger partial charge in [-0.1, -0.05) is 23.2 Å². The number of halogens is 3. The maximum Gasteiger partial charge on any atom is 0.255 e. The summed E-state index contributed by atoms with van der Waals surface area (Å²) in [6.07, 6.45) is 3.53. The number of aromatic nitrogens is 1. The minimum Gasteiger partial charge on any atom is -0.374 e. The van der Waals surface area contributed by atoms with E-state index in [1.54, 1.807) is 11.0 Å². The Bertz CT molecular complexity index is 1340. The summed E-state index contributed by atoms with van der Waals surface area (Å²) in [4.78, 5) is 31.0. The fourth-order valence-electron chi connectivity index (χ4n) is 4.12. The monoisotopic (exact) mass is 511 g/mol. The van der Waals surface area contributed by atoms with E-state index >= 15 is 0 Å². The molecule has 2 aromatic carbocycles. The fourth-order valence-corrected chi connectivity index (χ4v) is 4.81. The summed E-state index contributed by atoms with van der Waals surface area (Å²) in [6.45, 7) is 2.16. The zero-order chi connectivity index (χ0) is 25.1. The molecule has 1 atom stereocenters. The van der Waals surface area contributed by atoms with Crippen LogP contribution in [0.4, 0.5) is 15.8 Å². The van der Waals surface area contributed by atoms with Crippen molar-refractivity contribution in [2.45, 2.75) is 19.4 Å². The molecule has 0 spiro atoms. The number of nitrogens with zero attached hydrogens (tertiary/aromatic N) is 3. The largest absolute Gasteiger partial charge is 0.374 e. The van der Waals surface area contributed by atoms with Gasteiger partial charge in [-0.25, -0.2) is 4.39 Å². The van der Waals surface area contributed by atoms with Crippen molar-refractivity contribution >= 4 is 46.4 Å². The van der Waals surface area contributed by atoms with Crippen LogP contribution >= 0.6 is 23.2 Å². The van der Waals surface area contributed by atoms with E-state index in [1.165, 1.54) is 30.6 Å². The van der Waals surface area contributed by atoms with Crippen LogP contribution in [0.5, 0.6) is 0 Å². The van der Waals surface area contributed by atoms with E-state index in [0.717, 1.165) is 17.2 Å². The van der Waals surface area contributed by atoms with Gasteiger partial charge in [0.2, 0.25) is 5.91 Å². The average molecular weight is 512 g/mol. The first-order valence-electron chi connectivity index (χ1n) is 10.7. The van der Waals surface area contributed by atoms with E-state index in [2.05, 4.69) is 15.6 Å². The molecule has 2 heterocycles. The molecule has 0 saturated carbocycles. The van der Waals surface area contributed by atoms with E-state index in [0.29, 0.717) is 28.6 Å². The Morgan fingerprint density at radius 3 is 2.66 bits per heavy atom. The van der Waals surface area contributed by atoms with Gasteiger partial charge < -0.3 is 15.5 Å². The van der Waals surface area contributed by atoms with Gasteiger partial charge in [0.1, 0.15) is 11.9 Å². The Hall–Kier alpha value is -3.67. The normalized spacial score (nSPS) is 14.6. The second kappa shape index (κ2) is 10.3. The lowest BCUT2D eigenvalue weighted by Crippen LogP contribution is -2.42. The Balaban J connectivity index is 1.49. The quantitative estimate of drug-likeness (QED) is 0.489. The summed E-state index contributed by atoms with van der Waals surface area (Å²) in [5.41, 5.74) is 2.24. The van der Waals surface area contributed by atoms with Gasteiger partial charge in [-0.15, -0.1) is 0 Å². The molecule has 0 fully saturated rings. The molecule has 1 unspecified atom stereocenters. The molecule has 7 nitrogen and oxygen atoms in total. The van der Waals surface area contributed by atoms with E-state index in [4.69, 9.17) is 23.2 Å². The molecule has 0 saturated heterocycles. The topological polar surface area (TPSA) is 98.1 Å². The molecule has 0 aliphatic carbocycles. The number of carbonyl (C=O) groups is 2. The molecule has 35 heavy (non-hydrogen) atoms. The molecule has 1 aromatic heterocycles. The number of amides is 2. The summed E-state index contributed by atoms with van der Waals surface area (Å²) in [7, 11) is 0. The summed E-state index contributed by atoms with van der Waals surface area (Å²) >= 11 is 12.5. The number of pyridine rings is 1. The maximum absolute atomic E-state index is 14.6. The molecule has 2 N–H and O–H groups in total. The van der Waals surface area contributed by atoms with Crippen molar-refractivity contribution in [3.05, 3.63) is 86.9 Å². The van der Waals surface area contributed by atoms with E-state index < -0.39 is 11.7 Å². The number of nitriles is 1. The summed E-state index contributed by atoms with van der Waals surface area (Å²) in [5, 5.41) is 15.8. The van der Waals surface area contributed by atoms with Crippen LogP contribution in [0.25, 0.3) is 0 Å². The Labute approximate surface area is 211 Å². The van der Waals surface area contributed by atoms with Crippen molar-refractivity contribution in [1.29, 1.82) is 5.26 Å². The summed E-state index contributed by atoms with van der Waals surface area (Å²) < 4.78 is 14.6. The van der Waals surface area contributed by atoms with E-state index in [1.807, 2.05) is 19.1 Å². The number of nitrogens with one attached hydrogen (secondary N) is 2. The molecule has 3 aromatic rings. The van der Waals surface area contributed by atoms with Crippen molar-refractivity contribution in [3.8, 4) is 6.07 Å². The van der Waals surface area contributed by atoms with E-state index in [-0.39, 0.29) is 35.4 Å². The van der Waals surface area contributed by atoms with Crippen molar-refractivity contribution in [3.63, 3.8) is 0 Å². The highest BCUT2D eigenvalue weighted by molar-refractivity contribution is 6.35. The second-order valence-corrected chi connectivity index (χ2v) is 8.85. The third-order valence-electron chi connectivity index (χ3n) is 5.86. The van der Waals surface area contributed by atoms with Crippen molar-refractivity contribution in [2.24, 2.45) is 0 Å². The third kappa shape index (κ3) is 5.21. The molecule has 4 rings (SSSR count). The minimum absolute atomic E-state index is 0.0164. The van der Waals surface area contributed by atoms with Crippen LogP contribution in [0, 0.1) is 17.1 Å². The zero-order valence-corrected chi connectivity index (χ0v) is 20.1. The molecular formula is C25H20Cl2FN5O2. The predicted octanol–water partition coefficient (Wildman–Crippen LogP) is 5.21. The molecule has 178 valence electrons. The van der Waals surface area contributed by atoms with Crippen LogP contribution in [-0.2, 0) is 11.2 Å². The lowest BCUT2D eigenvalue weighted by molar-refractivity contribution is -0.131. The van der Waals surface area contributed by atoms with Crippen LogP contribution < -0.4 is 10.6 Å². The lowest BCUT2D eigenvalue weighted by atomic mass is 9.93. The Kier molecular flexibility index (Phi) is 7.20. The molecule has 2 amide bonds. The Morgan fingerprint density at radius 1 is 1.20 bits per heavy atom. The van der Waals surface area contributed by atoms with Gasteiger partial charge in [-0.05, 0) is 60.9 Å². The van der Waals surface area contributed by atoms with Crippen molar-refractivity contribution in [2.75, 3.05) is 23.7 Å². The number of carbonyl (C=O) groups excluding carboxylic acids is 2. The fraction of sp³-hybridized carbons (Fsp3) is 0.200. The molecule has 10 heteroatoms. The molecule has 1 aliphatic heterocycles. The van der Waals surface area contributed by atoms with Crippen molar-refractivity contribution < 1.29 is 14.0 Å². The van der Waals surface area contributed by atoms with Crippen molar-refractivity contribution in [1.82, 2.24) is 9.88 Å². The highest BCUT2D eigenvalue weighted by Crippen LogP contribution is 2.37. The highest BCUT2D eigenvalue weighted by atomic mass is 35.5. The maximum atomic E-state index is 14.6. The standard InChI is InChI=1S/C25H20Cl2FN5O2/c1-14-24-16(8-18(26)10-19(24)27)4-7-33(14)23(34)13-31-22-11-21(17(12-29)9-20(22)28)32-25(35)15-2-5-30-6-3-15/h2-3,5-6,8-11,14,31H,4,7,13H2,1H3,(H,32,35). The van der Waals surface area contributed by atoms with Gasteiger partial charge in [0.15, 0.2) is 0 Å². The van der Waals surface area contributed by atoms with Gasteiger partial charge in [0, 0.05) is 34.5 Å². The number of hydrogen-bond acceptors (Lipinski definition) is 5. The predicted molar refractivity (Wildman–Crippen MR) is 132 cm³/mol. The number of rotatable bonds is 5. The Morgan fingerprint density at radius 2 is 1.94 bits per heavy atom. The SMILES string of the molecule is CC1c2c(Cl)cc(Cl)cc2CCN1C(=O)CNc1cc(NC(=O)c2ccncc2)c(C#N)cc1F. The molecule has 1 aliphatic rings. The van der Waals surface area contributed by atoms with Crippen LogP contribution in [-0.4, -0.2) is 34.8 Å². The van der Waals surface area contributed by atoms with Crippen LogP contribution in [0.3, 0.4) is 0 Å². The first-order valence-corrected chi connectivity index (χ1v) is 11.5. The minimum atomic E-state index is -0.717. The van der Waals surface area contributed by atoms with Gasteiger partial charge in [-0.2, -0.15) is 5.26 Å². The first-order chi connectivity index (χ1) is 16.8. The number of fused-ring (bicyclic) bond motifs is 1. The molecular weight excluding hydrogens is 492 g/mol. The first kappa shape index (κ1) is 24.5. The second-order valence-electron chi connectivity index (χ2n) is 8.01. The van der Waals surface area contributed by atoms with Gasteiger partial charge >= 0.3 is 0 Å². The lowest BCUT2D eigenvalue weighted by Gasteiger charge is -2.36. The van der Waals surface area contributed by atoms with Crippen LogP contribution in [0.2, 0.25) is 10.0 Å². The molecule has 0 bridgehead atoms. The zero-order valence-electron chi connectivity index (χ0n) is 18.6. The smallest absolute Gasteiger partial charge is 0.255 e. The number of hydrogen-bond donors (Lipinski definition) is 2. The summed E-state index contributed by atoms with van der Waals surface area (Å²) in [6, 6.07) is 10.4. The number of benzene rings is 2. The van der Waals surface area contributed by atoms with E-state index in [9.17, 15) is 19.2 Å². The summed E-state index contributed by atoms with van der Waals surface area (Å²) in [5.74, 6) is -1.44. The van der Waals surface area contributed by atoms with Crippen LogP contribution in [0.15, 0.2) is 48.8 Å². The average Bonchev–Trinajstić information content (AvgIpc) is 2.84. The molecule has 0 radical (unpaired) electrons. The van der Waals surface area contributed by atoms with Gasteiger partial charge in [-0.3, -0.25) is 14.6 Å². The van der Waals surface area contributed by atoms with Gasteiger partial charge in [0.25, 0.3) is 5.91 Å². The highest BCUT2D eigenvalue weighted by Gasteiger charge is 2.29. The van der Waals surface area contributed by atoms with Gasteiger partial charge in [0.05, 0.1) is 29.5 Å². The number of anilines is 2. The van der Waals surface area contributed by atoms with Crippen LogP contribution in [0.1, 0.15) is 40.0 Å². The third-order valence-corrected chi connectivity index (χ3v) is 6.39.